The maximum Gasteiger partial charge on any atom is 0.319 e. The van der Waals surface area contributed by atoms with E-state index >= 15 is 0 Å². The maximum absolute atomic E-state index is 12.0. The lowest BCUT2D eigenvalue weighted by molar-refractivity contribution is 0.0481. The van der Waals surface area contributed by atoms with Crippen molar-refractivity contribution in [3.63, 3.8) is 0 Å². The summed E-state index contributed by atoms with van der Waals surface area (Å²) in [5.41, 5.74) is 0.391. The molecule has 5 nitrogen and oxygen atoms in total. The molecule has 1 rings (SSSR count). The molecule has 0 saturated carbocycles. The standard InChI is InChI=1S/C17H27ClN2O3/c1-12(2)8-9-17(3,22)11-19-16(21)20-15-7-5-6-14(18)13(15)10-23-4/h5-7,12,22H,8-11H2,1-4H3,(H2,19,20,21). The van der Waals surface area contributed by atoms with E-state index in [9.17, 15) is 9.90 Å². The molecule has 23 heavy (non-hydrogen) atoms. The average molecular weight is 343 g/mol. The Morgan fingerprint density at radius 2 is 2.13 bits per heavy atom. The first-order chi connectivity index (χ1) is 10.7. The molecule has 1 aromatic rings. The van der Waals surface area contributed by atoms with E-state index in [2.05, 4.69) is 24.5 Å². The van der Waals surface area contributed by atoms with Crippen LogP contribution in [0.4, 0.5) is 10.5 Å². The van der Waals surface area contributed by atoms with E-state index in [0.717, 1.165) is 12.0 Å². The molecule has 0 aliphatic heterocycles. The molecule has 6 heteroatoms. The number of methoxy groups -OCH3 is 1. The average Bonchev–Trinajstić information content (AvgIpc) is 2.47. The Kier molecular flexibility index (Phi) is 7.82. The van der Waals surface area contributed by atoms with Crippen LogP contribution in [0.2, 0.25) is 5.02 Å². The molecule has 1 atom stereocenters. The first-order valence-electron chi connectivity index (χ1n) is 7.78. The molecule has 1 unspecified atom stereocenters. The molecule has 0 aliphatic rings. The summed E-state index contributed by atoms with van der Waals surface area (Å²) >= 11 is 6.12. The quantitative estimate of drug-likeness (QED) is 0.673. The maximum atomic E-state index is 12.0. The number of rotatable bonds is 8. The smallest absolute Gasteiger partial charge is 0.319 e. The van der Waals surface area contributed by atoms with Gasteiger partial charge < -0.3 is 20.5 Å². The van der Waals surface area contributed by atoms with Crippen LogP contribution < -0.4 is 10.6 Å². The van der Waals surface area contributed by atoms with E-state index in [-0.39, 0.29) is 12.6 Å². The van der Waals surface area contributed by atoms with Crippen LogP contribution in [0, 0.1) is 5.92 Å². The van der Waals surface area contributed by atoms with Crippen molar-refractivity contribution in [2.75, 3.05) is 19.0 Å². The first kappa shape index (κ1) is 19.7. The lowest BCUT2D eigenvalue weighted by Gasteiger charge is -2.24. The summed E-state index contributed by atoms with van der Waals surface area (Å²) in [6.07, 6.45) is 1.54. The van der Waals surface area contributed by atoms with Gasteiger partial charge in [0.25, 0.3) is 0 Å². The van der Waals surface area contributed by atoms with Gasteiger partial charge in [-0.2, -0.15) is 0 Å². The lowest BCUT2D eigenvalue weighted by Crippen LogP contribution is -2.42. The van der Waals surface area contributed by atoms with Gasteiger partial charge in [-0.25, -0.2) is 4.79 Å². The van der Waals surface area contributed by atoms with E-state index in [4.69, 9.17) is 16.3 Å². The van der Waals surface area contributed by atoms with Gasteiger partial charge in [-0.3, -0.25) is 0 Å². The van der Waals surface area contributed by atoms with E-state index in [0.29, 0.717) is 29.7 Å². The van der Waals surface area contributed by atoms with Gasteiger partial charge in [0.1, 0.15) is 0 Å². The molecule has 0 heterocycles. The normalized spacial score (nSPS) is 13.7. The van der Waals surface area contributed by atoms with E-state index in [1.807, 2.05) is 0 Å². The Morgan fingerprint density at radius 3 is 2.74 bits per heavy atom. The molecular formula is C17H27ClN2O3. The van der Waals surface area contributed by atoms with E-state index in [1.54, 1.807) is 32.2 Å². The van der Waals surface area contributed by atoms with Crippen LogP contribution in [-0.2, 0) is 11.3 Å². The number of anilines is 1. The number of halogens is 1. The zero-order valence-electron chi connectivity index (χ0n) is 14.3. The van der Waals surface area contributed by atoms with Gasteiger partial charge in [0, 0.05) is 29.9 Å². The first-order valence-corrected chi connectivity index (χ1v) is 8.16. The van der Waals surface area contributed by atoms with Crippen LogP contribution in [0.1, 0.15) is 39.2 Å². The molecule has 0 spiro atoms. The van der Waals surface area contributed by atoms with Crippen molar-refractivity contribution in [1.82, 2.24) is 5.32 Å². The van der Waals surface area contributed by atoms with E-state index in [1.165, 1.54) is 0 Å². The van der Waals surface area contributed by atoms with Crippen molar-refractivity contribution >= 4 is 23.3 Å². The SMILES string of the molecule is COCc1c(Cl)cccc1NC(=O)NCC(C)(O)CCC(C)C. The molecule has 1 aromatic carbocycles. The second-order valence-corrected chi connectivity index (χ2v) is 6.84. The number of amides is 2. The number of hydrogen-bond donors (Lipinski definition) is 3. The highest BCUT2D eigenvalue weighted by atomic mass is 35.5. The molecule has 0 radical (unpaired) electrons. The summed E-state index contributed by atoms with van der Waals surface area (Å²) in [7, 11) is 1.57. The van der Waals surface area contributed by atoms with Crippen LogP contribution in [0.3, 0.4) is 0 Å². The van der Waals surface area contributed by atoms with Crippen molar-refractivity contribution in [3.05, 3.63) is 28.8 Å². The molecule has 0 fully saturated rings. The Balaban J connectivity index is 2.59. The fraction of sp³-hybridized carbons (Fsp3) is 0.588. The molecule has 0 aromatic heterocycles. The minimum atomic E-state index is -0.925. The molecule has 0 aliphatic carbocycles. The number of benzene rings is 1. The minimum Gasteiger partial charge on any atom is -0.388 e. The second-order valence-electron chi connectivity index (χ2n) is 6.44. The van der Waals surface area contributed by atoms with Gasteiger partial charge in [-0.1, -0.05) is 31.5 Å². The summed E-state index contributed by atoms with van der Waals surface area (Å²) in [6, 6.07) is 4.89. The van der Waals surface area contributed by atoms with Gasteiger partial charge in [-0.05, 0) is 37.8 Å². The summed E-state index contributed by atoms with van der Waals surface area (Å²) in [5.74, 6) is 0.512. The number of aliphatic hydroxyl groups is 1. The highest BCUT2D eigenvalue weighted by Crippen LogP contribution is 2.25. The Morgan fingerprint density at radius 1 is 1.43 bits per heavy atom. The zero-order chi connectivity index (χ0) is 17.5. The zero-order valence-corrected chi connectivity index (χ0v) is 15.0. The predicted octanol–water partition coefficient (Wildman–Crippen LogP) is 3.80. The lowest BCUT2D eigenvalue weighted by atomic mass is 9.95. The minimum absolute atomic E-state index is 0.186. The molecule has 130 valence electrons. The van der Waals surface area contributed by atoms with Crippen LogP contribution in [0.5, 0.6) is 0 Å². The van der Waals surface area contributed by atoms with Crippen molar-refractivity contribution < 1.29 is 14.6 Å². The number of hydrogen-bond acceptors (Lipinski definition) is 3. The van der Waals surface area contributed by atoms with Crippen LogP contribution in [0.15, 0.2) is 18.2 Å². The van der Waals surface area contributed by atoms with Gasteiger partial charge in [0.05, 0.1) is 12.2 Å². The number of ether oxygens (including phenoxy) is 1. The number of nitrogens with one attached hydrogen (secondary N) is 2. The molecule has 0 saturated heterocycles. The third-order valence-corrected chi connectivity index (χ3v) is 3.90. The van der Waals surface area contributed by atoms with Crippen LogP contribution in [0.25, 0.3) is 0 Å². The monoisotopic (exact) mass is 342 g/mol. The van der Waals surface area contributed by atoms with Crippen molar-refractivity contribution in [1.29, 1.82) is 0 Å². The van der Waals surface area contributed by atoms with Gasteiger partial charge in [0.15, 0.2) is 0 Å². The Labute approximate surface area is 143 Å². The predicted molar refractivity (Wildman–Crippen MR) is 93.9 cm³/mol. The number of carbonyl (C=O) groups is 1. The summed E-state index contributed by atoms with van der Waals surface area (Å²) in [4.78, 5) is 12.0. The number of urea groups is 1. The highest BCUT2D eigenvalue weighted by Gasteiger charge is 2.21. The Bertz CT molecular complexity index is 519. The fourth-order valence-electron chi connectivity index (χ4n) is 2.09. The third kappa shape index (κ3) is 7.20. The summed E-state index contributed by atoms with van der Waals surface area (Å²) in [6.45, 7) is 6.43. The summed E-state index contributed by atoms with van der Waals surface area (Å²) < 4.78 is 5.10. The second kappa shape index (κ2) is 9.11. The van der Waals surface area contributed by atoms with Crippen molar-refractivity contribution in [2.24, 2.45) is 5.92 Å². The van der Waals surface area contributed by atoms with Crippen LogP contribution >= 0.6 is 11.6 Å². The van der Waals surface area contributed by atoms with Crippen LogP contribution in [-0.4, -0.2) is 30.4 Å². The topological polar surface area (TPSA) is 70.6 Å². The fourth-order valence-corrected chi connectivity index (χ4v) is 2.32. The largest absolute Gasteiger partial charge is 0.388 e. The van der Waals surface area contributed by atoms with Crippen molar-refractivity contribution in [3.8, 4) is 0 Å². The molecule has 2 amide bonds. The molecule has 3 N–H and O–H groups in total. The van der Waals surface area contributed by atoms with Gasteiger partial charge in [0.2, 0.25) is 0 Å². The molecule has 0 bridgehead atoms. The van der Waals surface area contributed by atoms with Crippen molar-refractivity contribution in [2.45, 2.75) is 45.8 Å². The van der Waals surface area contributed by atoms with Gasteiger partial charge in [-0.15, -0.1) is 0 Å². The third-order valence-electron chi connectivity index (χ3n) is 3.55. The Hall–Kier alpha value is -1.30. The highest BCUT2D eigenvalue weighted by molar-refractivity contribution is 6.31. The van der Waals surface area contributed by atoms with E-state index < -0.39 is 5.60 Å². The summed E-state index contributed by atoms with van der Waals surface area (Å²) in [5, 5.41) is 16.3. The number of carbonyl (C=O) groups excluding carboxylic acids is 1. The van der Waals surface area contributed by atoms with Gasteiger partial charge >= 0.3 is 6.03 Å². The molecular weight excluding hydrogens is 316 g/mol.